The third-order valence-corrected chi connectivity index (χ3v) is 4.38. The molecule has 1 aromatic carbocycles. The van der Waals surface area contributed by atoms with Gasteiger partial charge < -0.3 is 9.47 Å². The molecule has 1 aliphatic heterocycles. The quantitative estimate of drug-likeness (QED) is 0.629. The fourth-order valence-corrected chi connectivity index (χ4v) is 2.76. The van der Waals surface area contributed by atoms with E-state index < -0.39 is 15.0 Å². The predicted octanol–water partition coefficient (Wildman–Crippen LogP) is 2.34. The first kappa shape index (κ1) is 15.3. The summed E-state index contributed by atoms with van der Waals surface area (Å²) in [4.78, 5) is 11.7. The van der Waals surface area contributed by atoms with E-state index in [2.05, 4.69) is 0 Å². The van der Waals surface area contributed by atoms with Gasteiger partial charge in [0, 0.05) is 17.3 Å². The fraction of sp³-hybridized carbons (Fsp3) is 0.462. The smallest absolute Gasteiger partial charge is 0.338 e. The van der Waals surface area contributed by atoms with Crippen LogP contribution in [-0.4, -0.2) is 33.7 Å². The topological polar surface area (TPSA) is 69.7 Å². The maximum Gasteiger partial charge on any atom is 0.338 e. The van der Waals surface area contributed by atoms with Gasteiger partial charge in [-0.15, -0.1) is 0 Å². The summed E-state index contributed by atoms with van der Waals surface area (Å²) >= 11 is 0. The zero-order chi connectivity index (χ0) is 14.6. The van der Waals surface area contributed by atoms with Crippen molar-refractivity contribution in [2.75, 3.05) is 13.2 Å². The van der Waals surface area contributed by atoms with Gasteiger partial charge in [-0.1, -0.05) is 6.07 Å². The Kier molecular flexibility index (Phi) is 5.01. The van der Waals surface area contributed by atoms with Gasteiger partial charge >= 0.3 is 5.97 Å². The van der Waals surface area contributed by atoms with Gasteiger partial charge in [0.1, 0.15) is 6.61 Å². The highest BCUT2D eigenvalue weighted by Gasteiger charge is 2.18. The Bertz CT molecular complexity index is 578. The zero-order valence-electron chi connectivity index (χ0n) is 10.7. The molecule has 20 heavy (non-hydrogen) atoms. The van der Waals surface area contributed by atoms with Crippen LogP contribution in [0.5, 0.6) is 0 Å². The first-order valence-electron chi connectivity index (χ1n) is 6.30. The van der Waals surface area contributed by atoms with Crippen LogP contribution in [0.3, 0.4) is 0 Å². The van der Waals surface area contributed by atoms with Crippen molar-refractivity contribution in [2.45, 2.75) is 30.3 Å². The minimum atomic E-state index is -3.85. The largest absolute Gasteiger partial charge is 0.459 e. The molecule has 0 radical (unpaired) electrons. The lowest BCUT2D eigenvalue weighted by molar-refractivity contribution is -0.0300. The second-order valence-corrected chi connectivity index (χ2v) is 7.12. The lowest BCUT2D eigenvalue weighted by Crippen LogP contribution is -2.26. The number of hydrogen-bond acceptors (Lipinski definition) is 5. The minimum absolute atomic E-state index is 0.0763. The average Bonchev–Trinajstić information content (AvgIpc) is 2.45. The van der Waals surface area contributed by atoms with Gasteiger partial charge in [0.15, 0.2) is 0 Å². The third-order valence-electron chi connectivity index (χ3n) is 3.03. The summed E-state index contributed by atoms with van der Waals surface area (Å²) in [7, 11) is 1.38. The van der Waals surface area contributed by atoms with Crippen molar-refractivity contribution in [1.29, 1.82) is 0 Å². The van der Waals surface area contributed by atoms with Crippen LogP contribution in [0, 0.1) is 0 Å². The Morgan fingerprint density at radius 2 is 2.20 bits per heavy atom. The van der Waals surface area contributed by atoms with E-state index in [1.807, 2.05) is 0 Å². The maximum atomic E-state index is 11.9. The van der Waals surface area contributed by atoms with Crippen LogP contribution in [0.25, 0.3) is 0 Å². The van der Waals surface area contributed by atoms with Crippen molar-refractivity contribution in [1.82, 2.24) is 0 Å². The van der Waals surface area contributed by atoms with Crippen molar-refractivity contribution in [3.8, 4) is 0 Å². The van der Waals surface area contributed by atoms with Crippen LogP contribution in [0.15, 0.2) is 29.2 Å². The molecule has 0 saturated carbocycles. The van der Waals surface area contributed by atoms with E-state index in [9.17, 15) is 13.2 Å². The average molecular weight is 319 g/mol. The molecule has 7 heteroatoms. The molecule has 5 nitrogen and oxygen atoms in total. The van der Waals surface area contributed by atoms with Crippen molar-refractivity contribution in [3.63, 3.8) is 0 Å². The zero-order valence-corrected chi connectivity index (χ0v) is 12.3. The van der Waals surface area contributed by atoms with Crippen LogP contribution >= 0.6 is 10.7 Å². The van der Waals surface area contributed by atoms with Gasteiger partial charge in [-0.25, -0.2) is 13.2 Å². The van der Waals surface area contributed by atoms with E-state index in [-0.39, 0.29) is 23.2 Å². The molecule has 0 aromatic heterocycles. The highest BCUT2D eigenvalue weighted by molar-refractivity contribution is 8.13. The Morgan fingerprint density at radius 1 is 1.40 bits per heavy atom. The molecule has 1 saturated heterocycles. The van der Waals surface area contributed by atoms with Gasteiger partial charge in [-0.2, -0.15) is 0 Å². The second-order valence-electron chi connectivity index (χ2n) is 4.55. The van der Waals surface area contributed by atoms with E-state index >= 15 is 0 Å². The monoisotopic (exact) mass is 318 g/mol. The number of hydrogen-bond donors (Lipinski definition) is 0. The highest BCUT2D eigenvalue weighted by Crippen LogP contribution is 2.17. The number of carbonyl (C=O) groups is 1. The summed E-state index contributed by atoms with van der Waals surface area (Å²) in [6.07, 6.45) is 2.87. The standard InChI is InChI=1S/C13H15ClO5S/c14-20(16,17)12-6-3-4-10(8-12)13(15)19-9-11-5-1-2-7-18-11/h3-4,6,8,11H,1-2,5,7,9H2. The lowest BCUT2D eigenvalue weighted by Gasteiger charge is -2.22. The summed E-state index contributed by atoms with van der Waals surface area (Å²) < 4.78 is 33.0. The first-order valence-corrected chi connectivity index (χ1v) is 8.61. The number of benzene rings is 1. The maximum absolute atomic E-state index is 11.9. The Labute approximate surface area is 122 Å². The number of ether oxygens (including phenoxy) is 2. The predicted molar refractivity (Wildman–Crippen MR) is 73.4 cm³/mol. The highest BCUT2D eigenvalue weighted by atomic mass is 35.7. The summed E-state index contributed by atoms with van der Waals surface area (Å²) in [5.74, 6) is -0.582. The lowest BCUT2D eigenvalue weighted by atomic mass is 10.1. The number of carbonyl (C=O) groups excluding carboxylic acids is 1. The molecule has 1 aromatic rings. The molecule has 2 rings (SSSR count). The molecule has 1 aliphatic rings. The van der Waals surface area contributed by atoms with E-state index in [4.69, 9.17) is 20.2 Å². The van der Waals surface area contributed by atoms with E-state index in [1.54, 1.807) is 0 Å². The van der Waals surface area contributed by atoms with Crippen LogP contribution in [0.1, 0.15) is 29.6 Å². The van der Waals surface area contributed by atoms with Crippen LogP contribution < -0.4 is 0 Å². The first-order chi connectivity index (χ1) is 9.47. The number of rotatable bonds is 4. The molecule has 0 bridgehead atoms. The molecule has 1 atom stereocenters. The van der Waals surface area contributed by atoms with Gasteiger partial charge in [-0.05, 0) is 37.5 Å². The van der Waals surface area contributed by atoms with Crippen LogP contribution in [0.2, 0.25) is 0 Å². The molecule has 1 fully saturated rings. The van der Waals surface area contributed by atoms with Gasteiger partial charge in [0.25, 0.3) is 9.05 Å². The summed E-state index contributed by atoms with van der Waals surface area (Å²) in [6.45, 7) is 0.860. The molecular formula is C13H15ClO5S. The summed E-state index contributed by atoms with van der Waals surface area (Å²) in [5, 5.41) is 0. The molecule has 0 aliphatic carbocycles. The molecule has 0 amide bonds. The number of esters is 1. The van der Waals surface area contributed by atoms with Crippen LogP contribution in [0.4, 0.5) is 0 Å². The van der Waals surface area contributed by atoms with Gasteiger partial charge in [0.05, 0.1) is 16.6 Å². The SMILES string of the molecule is O=C(OCC1CCCCO1)c1cccc(S(=O)(=O)Cl)c1. The van der Waals surface area contributed by atoms with Crippen molar-refractivity contribution in [2.24, 2.45) is 0 Å². The van der Waals surface area contributed by atoms with E-state index in [1.165, 1.54) is 24.3 Å². The van der Waals surface area contributed by atoms with Gasteiger partial charge in [-0.3, -0.25) is 0 Å². The van der Waals surface area contributed by atoms with Crippen LogP contribution in [-0.2, 0) is 18.5 Å². The van der Waals surface area contributed by atoms with E-state index in [0.717, 1.165) is 19.3 Å². The fourth-order valence-electron chi connectivity index (χ4n) is 1.97. The summed E-state index contributed by atoms with van der Waals surface area (Å²) in [5.41, 5.74) is 0.155. The Morgan fingerprint density at radius 3 is 2.85 bits per heavy atom. The molecule has 1 heterocycles. The van der Waals surface area contributed by atoms with Gasteiger partial charge in [0.2, 0.25) is 0 Å². The van der Waals surface area contributed by atoms with Crippen molar-refractivity contribution in [3.05, 3.63) is 29.8 Å². The summed E-state index contributed by atoms with van der Waals surface area (Å²) in [6, 6.07) is 5.45. The molecule has 0 spiro atoms. The Balaban J connectivity index is 1.98. The third kappa shape index (κ3) is 4.19. The second kappa shape index (κ2) is 6.56. The molecule has 1 unspecified atom stereocenters. The minimum Gasteiger partial charge on any atom is -0.459 e. The van der Waals surface area contributed by atoms with Crippen molar-refractivity contribution < 1.29 is 22.7 Å². The molecular weight excluding hydrogens is 304 g/mol. The van der Waals surface area contributed by atoms with E-state index in [0.29, 0.717) is 6.61 Å². The molecule has 0 N–H and O–H groups in total. The Hall–Kier alpha value is -1.11. The van der Waals surface area contributed by atoms with Crippen molar-refractivity contribution >= 4 is 25.7 Å². The normalized spacial score (nSPS) is 19.6. The molecule has 110 valence electrons. The number of halogens is 1.